The SMILES string of the molecule is CC1CN(S(=O)(=O)c2ccc3c(c2)CCN3)CC1N(C)C. The summed E-state index contributed by atoms with van der Waals surface area (Å²) >= 11 is 0. The van der Waals surface area contributed by atoms with E-state index in [-0.39, 0.29) is 6.04 Å². The van der Waals surface area contributed by atoms with Gasteiger partial charge >= 0.3 is 0 Å². The zero-order chi connectivity index (χ0) is 15.2. The van der Waals surface area contributed by atoms with Crippen LogP contribution in [0.5, 0.6) is 0 Å². The van der Waals surface area contributed by atoms with Gasteiger partial charge in [-0.3, -0.25) is 0 Å². The number of fused-ring (bicyclic) bond motifs is 1. The Kier molecular flexibility index (Phi) is 3.71. The average Bonchev–Trinajstić information content (AvgIpc) is 3.03. The molecule has 5 nitrogen and oxygen atoms in total. The number of anilines is 1. The molecule has 0 spiro atoms. The Bertz CT molecular complexity index is 642. The molecule has 0 aromatic heterocycles. The highest BCUT2D eigenvalue weighted by molar-refractivity contribution is 7.89. The van der Waals surface area contributed by atoms with Crippen molar-refractivity contribution in [2.24, 2.45) is 5.92 Å². The van der Waals surface area contributed by atoms with E-state index in [2.05, 4.69) is 17.1 Å². The lowest BCUT2D eigenvalue weighted by Crippen LogP contribution is -2.35. The summed E-state index contributed by atoms with van der Waals surface area (Å²) in [6.07, 6.45) is 0.898. The molecule has 1 fully saturated rings. The maximum absolute atomic E-state index is 12.8. The largest absolute Gasteiger partial charge is 0.384 e. The van der Waals surface area contributed by atoms with Gasteiger partial charge in [-0.15, -0.1) is 0 Å². The Morgan fingerprint density at radius 2 is 2.05 bits per heavy atom. The molecule has 21 heavy (non-hydrogen) atoms. The minimum absolute atomic E-state index is 0.288. The number of rotatable bonds is 3. The number of nitrogens with one attached hydrogen (secondary N) is 1. The molecule has 0 aliphatic carbocycles. The molecule has 0 radical (unpaired) electrons. The molecule has 0 saturated carbocycles. The molecule has 1 saturated heterocycles. The molecule has 1 N–H and O–H groups in total. The number of sulfonamides is 1. The number of likely N-dealkylation sites (N-methyl/N-ethyl adjacent to an activating group) is 1. The first-order valence-electron chi connectivity index (χ1n) is 7.43. The summed E-state index contributed by atoms with van der Waals surface area (Å²) in [6.45, 7) is 4.18. The van der Waals surface area contributed by atoms with Crippen LogP contribution >= 0.6 is 0 Å². The minimum Gasteiger partial charge on any atom is -0.384 e. The lowest BCUT2D eigenvalue weighted by molar-refractivity contribution is 0.263. The summed E-state index contributed by atoms with van der Waals surface area (Å²) in [6, 6.07) is 5.73. The molecule has 2 atom stereocenters. The second-order valence-electron chi connectivity index (χ2n) is 6.33. The van der Waals surface area contributed by atoms with Crippen LogP contribution in [0.2, 0.25) is 0 Å². The Morgan fingerprint density at radius 3 is 2.71 bits per heavy atom. The van der Waals surface area contributed by atoms with Crippen LogP contribution in [0.1, 0.15) is 12.5 Å². The van der Waals surface area contributed by atoms with Gasteiger partial charge in [-0.1, -0.05) is 6.92 Å². The van der Waals surface area contributed by atoms with Crippen LogP contribution < -0.4 is 5.32 Å². The summed E-state index contributed by atoms with van der Waals surface area (Å²) in [5, 5.41) is 3.26. The summed E-state index contributed by atoms with van der Waals surface area (Å²) in [4.78, 5) is 2.55. The van der Waals surface area contributed by atoms with Gasteiger partial charge in [0.15, 0.2) is 0 Å². The third-order valence-electron chi connectivity index (χ3n) is 4.63. The zero-order valence-corrected chi connectivity index (χ0v) is 13.7. The topological polar surface area (TPSA) is 52.7 Å². The predicted molar refractivity (Wildman–Crippen MR) is 84.0 cm³/mol. The standard InChI is InChI=1S/C15H23N3O2S/c1-11-9-18(10-15(11)17(2)3)21(19,20)13-4-5-14-12(8-13)6-7-16-14/h4-5,8,11,15-16H,6-7,9-10H2,1-3H3. The van der Waals surface area contributed by atoms with E-state index in [1.165, 1.54) is 0 Å². The van der Waals surface area contributed by atoms with E-state index in [9.17, 15) is 8.42 Å². The van der Waals surface area contributed by atoms with Crippen LogP contribution in [-0.2, 0) is 16.4 Å². The van der Waals surface area contributed by atoms with Crippen molar-refractivity contribution in [3.63, 3.8) is 0 Å². The Morgan fingerprint density at radius 1 is 1.29 bits per heavy atom. The lowest BCUT2D eigenvalue weighted by Gasteiger charge is -2.22. The van der Waals surface area contributed by atoms with Crippen molar-refractivity contribution in [2.45, 2.75) is 24.3 Å². The van der Waals surface area contributed by atoms with Crippen molar-refractivity contribution in [3.8, 4) is 0 Å². The van der Waals surface area contributed by atoms with Gasteiger partial charge in [0.2, 0.25) is 10.0 Å². The summed E-state index contributed by atoms with van der Waals surface area (Å²) in [5.74, 6) is 0.353. The van der Waals surface area contributed by atoms with Crippen molar-refractivity contribution in [1.82, 2.24) is 9.21 Å². The lowest BCUT2D eigenvalue weighted by atomic mass is 10.1. The van der Waals surface area contributed by atoms with Gasteiger partial charge in [0, 0.05) is 31.4 Å². The first-order chi connectivity index (χ1) is 9.89. The van der Waals surface area contributed by atoms with Crippen LogP contribution in [0.4, 0.5) is 5.69 Å². The monoisotopic (exact) mass is 309 g/mol. The fraction of sp³-hybridized carbons (Fsp3) is 0.600. The van der Waals surface area contributed by atoms with Gasteiger partial charge in [-0.25, -0.2) is 8.42 Å². The fourth-order valence-electron chi connectivity index (χ4n) is 3.37. The molecule has 116 valence electrons. The van der Waals surface area contributed by atoms with Crippen LogP contribution in [0.25, 0.3) is 0 Å². The average molecular weight is 309 g/mol. The van der Waals surface area contributed by atoms with E-state index in [0.717, 1.165) is 24.2 Å². The molecule has 0 bridgehead atoms. The van der Waals surface area contributed by atoms with Gasteiger partial charge in [-0.2, -0.15) is 4.31 Å². The van der Waals surface area contributed by atoms with Crippen LogP contribution in [0, 0.1) is 5.92 Å². The van der Waals surface area contributed by atoms with Crippen molar-refractivity contribution in [3.05, 3.63) is 23.8 Å². The Labute approximate surface area is 127 Å². The van der Waals surface area contributed by atoms with E-state index in [1.54, 1.807) is 10.4 Å². The van der Waals surface area contributed by atoms with E-state index in [4.69, 9.17) is 0 Å². The number of hydrogen-bond acceptors (Lipinski definition) is 4. The minimum atomic E-state index is -3.38. The third kappa shape index (κ3) is 2.56. The summed E-state index contributed by atoms with van der Waals surface area (Å²) in [5.41, 5.74) is 2.17. The van der Waals surface area contributed by atoms with Gasteiger partial charge in [-0.05, 0) is 50.2 Å². The Balaban J connectivity index is 1.88. The molecule has 0 amide bonds. The molecule has 2 aliphatic rings. The summed E-state index contributed by atoms with van der Waals surface area (Å²) in [7, 11) is 0.644. The zero-order valence-electron chi connectivity index (χ0n) is 12.8. The normalized spacial score (nSPS) is 26.1. The highest BCUT2D eigenvalue weighted by Crippen LogP contribution is 2.30. The Hall–Kier alpha value is -1.11. The van der Waals surface area contributed by atoms with Crippen LogP contribution in [0.3, 0.4) is 0 Å². The molecule has 2 aliphatic heterocycles. The van der Waals surface area contributed by atoms with Crippen molar-refractivity contribution in [1.29, 1.82) is 0 Å². The van der Waals surface area contributed by atoms with E-state index in [0.29, 0.717) is 23.9 Å². The molecule has 1 aromatic rings. The number of benzene rings is 1. The van der Waals surface area contributed by atoms with Gasteiger partial charge in [0.25, 0.3) is 0 Å². The molecule has 6 heteroatoms. The maximum atomic E-state index is 12.8. The molecule has 3 rings (SSSR count). The maximum Gasteiger partial charge on any atom is 0.243 e. The van der Waals surface area contributed by atoms with Crippen molar-refractivity contribution < 1.29 is 8.42 Å². The number of hydrogen-bond donors (Lipinski definition) is 1. The summed E-state index contributed by atoms with van der Waals surface area (Å²) < 4.78 is 27.3. The first kappa shape index (κ1) is 14.8. The molecular formula is C15H23N3O2S. The molecular weight excluding hydrogens is 286 g/mol. The second kappa shape index (κ2) is 5.26. The van der Waals surface area contributed by atoms with Gasteiger partial charge in [0.05, 0.1) is 4.90 Å². The quantitative estimate of drug-likeness (QED) is 0.912. The van der Waals surface area contributed by atoms with Gasteiger partial charge < -0.3 is 10.2 Å². The van der Waals surface area contributed by atoms with Crippen LogP contribution in [-0.4, -0.2) is 57.4 Å². The van der Waals surface area contributed by atoms with E-state index in [1.807, 2.05) is 26.2 Å². The highest BCUT2D eigenvalue weighted by atomic mass is 32.2. The van der Waals surface area contributed by atoms with E-state index < -0.39 is 10.0 Å². The predicted octanol–water partition coefficient (Wildman–Crippen LogP) is 1.23. The molecule has 2 heterocycles. The third-order valence-corrected chi connectivity index (χ3v) is 6.45. The van der Waals surface area contributed by atoms with Gasteiger partial charge in [0.1, 0.15) is 0 Å². The van der Waals surface area contributed by atoms with Crippen LogP contribution in [0.15, 0.2) is 23.1 Å². The molecule has 1 aromatic carbocycles. The fourth-order valence-corrected chi connectivity index (χ4v) is 4.97. The highest BCUT2D eigenvalue weighted by Gasteiger charge is 2.38. The smallest absolute Gasteiger partial charge is 0.243 e. The second-order valence-corrected chi connectivity index (χ2v) is 8.26. The number of nitrogens with zero attached hydrogens (tertiary/aromatic N) is 2. The molecule has 2 unspecified atom stereocenters. The van der Waals surface area contributed by atoms with Crippen molar-refractivity contribution in [2.75, 3.05) is 39.0 Å². The van der Waals surface area contributed by atoms with E-state index >= 15 is 0 Å². The van der Waals surface area contributed by atoms with Crippen molar-refractivity contribution >= 4 is 15.7 Å². The first-order valence-corrected chi connectivity index (χ1v) is 8.87.